The first-order valence-corrected chi connectivity index (χ1v) is 11.5. The first-order chi connectivity index (χ1) is 15.5. The molecule has 0 heterocycles. The number of nitriles is 3. The summed E-state index contributed by atoms with van der Waals surface area (Å²) in [6.45, 7) is 2.13. The second-order valence-electron chi connectivity index (χ2n) is 7.78. The van der Waals surface area contributed by atoms with Crippen molar-refractivity contribution in [2.24, 2.45) is 0 Å². The molecule has 0 amide bonds. The summed E-state index contributed by atoms with van der Waals surface area (Å²) < 4.78 is 1.19. The van der Waals surface area contributed by atoms with Crippen molar-refractivity contribution in [1.82, 2.24) is 5.32 Å². The van der Waals surface area contributed by atoms with Crippen LogP contribution in [0.25, 0.3) is 0 Å². The van der Waals surface area contributed by atoms with E-state index in [9.17, 15) is 10.5 Å². The van der Waals surface area contributed by atoms with Gasteiger partial charge in [0.15, 0.2) is 0 Å². The van der Waals surface area contributed by atoms with E-state index in [4.69, 9.17) is 5.26 Å². The predicted molar refractivity (Wildman–Crippen MR) is 133 cm³/mol. The van der Waals surface area contributed by atoms with E-state index < -0.39 is 0 Å². The topological polar surface area (TPSA) is 83.4 Å². The van der Waals surface area contributed by atoms with Crippen LogP contribution < -0.4 is 5.32 Å². The highest BCUT2D eigenvalue weighted by molar-refractivity contribution is 14.1. The van der Waals surface area contributed by atoms with Crippen LogP contribution in [0.4, 0.5) is 0 Å². The normalized spacial score (nSPS) is 13.2. The van der Waals surface area contributed by atoms with Gasteiger partial charge in [-0.15, -0.1) is 0 Å². The van der Waals surface area contributed by atoms with Crippen LogP contribution in [0.2, 0.25) is 0 Å². The molecular formula is C27H23IN4. The third-order valence-electron chi connectivity index (χ3n) is 5.62. The van der Waals surface area contributed by atoms with Crippen LogP contribution in [0.5, 0.6) is 0 Å². The van der Waals surface area contributed by atoms with E-state index in [1.807, 2.05) is 30.3 Å². The molecular weight excluding hydrogens is 507 g/mol. The average Bonchev–Trinajstić information content (AvgIpc) is 2.83. The molecule has 0 bridgehead atoms. The van der Waals surface area contributed by atoms with Crippen molar-refractivity contribution >= 4 is 22.6 Å². The SMILES string of the molecule is C[C@H](NC(CC#N)c1ccc(C#N)cc1)[C@@H](Cc1ccc(I)cc1)c1cccc(C#N)c1. The lowest BCUT2D eigenvalue weighted by Gasteiger charge is -2.30. The number of hydrogen-bond acceptors (Lipinski definition) is 4. The molecule has 3 rings (SSSR count). The van der Waals surface area contributed by atoms with Crippen molar-refractivity contribution in [2.45, 2.75) is 37.8 Å². The maximum atomic E-state index is 9.42. The van der Waals surface area contributed by atoms with Gasteiger partial charge >= 0.3 is 0 Å². The highest BCUT2D eigenvalue weighted by Crippen LogP contribution is 2.28. The lowest BCUT2D eigenvalue weighted by atomic mass is 9.85. The molecule has 0 aliphatic rings. The van der Waals surface area contributed by atoms with E-state index in [0.717, 1.165) is 17.5 Å². The summed E-state index contributed by atoms with van der Waals surface area (Å²) >= 11 is 2.30. The molecule has 0 aromatic heterocycles. The Kier molecular flexibility index (Phi) is 8.40. The number of benzene rings is 3. The van der Waals surface area contributed by atoms with Gasteiger partial charge in [-0.2, -0.15) is 15.8 Å². The predicted octanol–water partition coefficient (Wildman–Crippen LogP) is 5.99. The molecule has 0 aliphatic heterocycles. The smallest absolute Gasteiger partial charge is 0.0991 e. The van der Waals surface area contributed by atoms with E-state index in [1.165, 1.54) is 9.13 Å². The summed E-state index contributed by atoms with van der Waals surface area (Å²) in [5.41, 5.74) is 4.54. The molecule has 0 fully saturated rings. The van der Waals surface area contributed by atoms with Gasteiger partial charge in [0.2, 0.25) is 0 Å². The first-order valence-electron chi connectivity index (χ1n) is 10.4. The van der Waals surface area contributed by atoms with Crippen molar-refractivity contribution in [3.63, 3.8) is 0 Å². The van der Waals surface area contributed by atoms with Crippen molar-refractivity contribution < 1.29 is 0 Å². The zero-order chi connectivity index (χ0) is 22.9. The zero-order valence-electron chi connectivity index (χ0n) is 17.8. The molecule has 3 aromatic carbocycles. The summed E-state index contributed by atoms with van der Waals surface area (Å²) in [6, 6.07) is 30.2. The summed E-state index contributed by atoms with van der Waals surface area (Å²) in [5, 5.41) is 31.5. The molecule has 0 aliphatic carbocycles. The van der Waals surface area contributed by atoms with Crippen LogP contribution in [0.3, 0.4) is 0 Å². The van der Waals surface area contributed by atoms with Gasteiger partial charge in [0.05, 0.1) is 35.8 Å². The Labute approximate surface area is 203 Å². The van der Waals surface area contributed by atoms with Crippen LogP contribution >= 0.6 is 22.6 Å². The molecule has 3 atom stereocenters. The molecule has 32 heavy (non-hydrogen) atoms. The molecule has 0 saturated heterocycles. The van der Waals surface area contributed by atoms with Crippen LogP contribution in [-0.2, 0) is 6.42 Å². The number of nitrogens with zero attached hydrogens (tertiary/aromatic N) is 3. The Balaban J connectivity index is 1.90. The second kappa shape index (κ2) is 11.4. The fraction of sp³-hybridized carbons (Fsp3) is 0.222. The molecule has 158 valence electrons. The van der Waals surface area contributed by atoms with Gasteiger partial charge < -0.3 is 5.32 Å². The van der Waals surface area contributed by atoms with E-state index >= 15 is 0 Å². The van der Waals surface area contributed by atoms with E-state index in [0.29, 0.717) is 17.5 Å². The lowest BCUT2D eigenvalue weighted by Crippen LogP contribution is -2.36. The maximum absolute atomic E-state index is 9.42. The molecule has 0 radical (unpaired) electrons. The summed E-state index contributed by atoms with van der Waals surface area (Å²) in [7, 11) is 0. The van der Waals surface area contributed by atoms with Crippen LogP contribution in [0.1, 0.15) is 53.1 Å². The van der Waals surface area contributed by atoms with Gasteiger partial charge in [0.1, 0.15) is 0 Å². The highest BCUT2D eigenvalue weighted by Gasteiger charge is 2.24. The number of rotatable bonds is 8. The fourth-order valence-corrected chi connectivity index (χ4v) is 4.24. The van der Waals surface area contributed by atoms with E-state index in [-0.39, 0.29) is 18.0 Å². The summed E-state index contributed by atoms with van der Waals surface area (Å²) in [5.74, 6) is 0.114. The second-order valence-corrected chi connectivity index (χ2v) is 9.02. The van der Waals surface area contributed by atoms with Gasteiger partial charge in [0, 0.05) is 21.6 Å². The Morgan fingerprint density at radius 2 is 1.53 bits per heavy atom. The Morgan fingerprint density at radius 3 is 2.16 bits per heavy atom. The number of hydrogen-bond donors (Lipinski definition) is 1. The van der Waals surface area contributed by atoms with Crippen LogP contribution in [0.15, 0.2) is 72.8 Å². The molecule has 0 spiro atoms. The van der Waals surface area contributed by atoms with E-state index in [1.54, 1.807) is 12.1 Å². The van der Waals surface area contributed by atoms with Crippen molar-refractivity contribution in [3.8, 4) is 18.2 Å². The van der Waals surface area contributed by atoms with Crippen molar-refractivity contribution in [3.05, 3.63) is 104 Å². The highest BCUT2D eigenvalue weighted by atomic mass is 127. The van der Waals surface area contributed by atoms with Crippen molar-refractivity contribution in [1.29, 1.82) is 15.8 Å². The van der Waals surface area contributed by atoms with Gasteiger partial charge in [-0.25, -0.2) is 0 Å². The molecule has 0 saturated carbocycles. The third kappa shape index (κ3) is 6.17. The average molecular weight is 530 g/mol. The van der Waals surface area contributed by atoms with Crippen LogP contribution in [0, 0.1) is 37.6 Å². The molecule has 5 heteroatoms. The number of halogens is 1. The quantitative estimate of drug-likeness (QED) is 0.363. The summed E-state index contributed by atoms with van der Waals surface area (Å²) in [6.07, 6.45) is 1.14. The van der Waals surface area contributed by atoms with Crippen molar-refractivity contribution in [2.75, 3.05) is 0 Å². The minimum atomic E-state index is -0.152. The fourth-order valence-electron chi connectivity index (χ4n) is 3.88. The summed E-state index contributed by atoms with van der Waals surface area (Å²) in [4.78, 5) is 0. The minimum absolute atomic E-state index is 0.0391. The Bertz CT molecular complexity index is 1160. The van der Waals surface area contributed by atoms with Gasteiger partial charge in [0.25, 0.3) is 0 Å². The lowest BCUT2D eigenvalue weighted by molar-refractivity contribution is 0.401. The Hall–Kier alpha value is -3.18. The monoisotopic (exact) mass is 530 g/mol. The largest absolute Gasteiger partial charge is 0.306 e. The first kappa shape index (κ1) is 23.5. The minimum Gasteiger partial charge on any atom is -0.306 e. The van der Waals surface area contributed by atoms with E-state index in [2.05, 4.69) is 83.4 Å². The van der Waals surface area contributed by atoms with Crippen LogP contribution in [-0.4, -0.2) is 6.04 Å². The third-order valence-corrected chi connectivity index (χ3v) is 6.34. The van der Waals surface area contributed by atoms with Gasteiger partial charge in [-0.3, -0.25) is 0 Å². The standard InChI is InChI=1S/C27H23IN4/c1-19(32-27(13-14-29)23-9-5-21(17-30)6-10-23)26(16-20-7-11-25(28)12-8-20)24-4-2-3-22(15-24)18-31/h2-12,15,19,26-27,32H,13,16H2,1H3/t19-,26+,27?/m0/s1. The van der Waals surface area contributed by atoms with Gasteiger partial charge in [-0.05, 0) is 89.0 Å². The Morgan fingerprint density at radius 1 is 0.844 bits per heavy atom. The molecule has 3 aromatic rings. The van der Waals surface area contributed by atoms with Gasteiger partial charge in [-0.1, -0.05) is 36.4 Å². The maximum Gasteiger partial charge on any atom is 0.0991 e. The molecule has 4 nitrogen and oxygen atoms in total. The molecule has 1 unspecified atom stereocenters. The molecule has 1 N–H and O–H groups in total. The zero-order valence-corrected chi connectivity index (χ0v) is 20.0. The number of nitrogens with one attached hydrogen (secondary N) is 1.